The lowest BCUT2D eigenvalue weighted by Gasteiger charge is -2.13. The topological polar surface area (TPSA) is 64.3 Å². The van der Waals surface area contributed by atoms with Crippen molar-refractivity contribution in [3.63, 3.8) is 0 Å². The van der Waals surface area contributed by atoms with Crippen LogP contribution >= 0.6 is 11.6 Å². The Morgan fingerprint density at radius 1 is 1.22 bits per heavy atom. The maximum atomic E-state index is 10.7. The summed E-state index contributed by atoms with van der Waals surface area (Å²) >= 11 is 6.17. The van der Waals surface area contributed by atoms with E-state index in [1.54, 1.807) is 10.7 Å². The molecule has 6 heteroatoms. The molecule has 0 saturated carbocycles. The zero-order chi connectivity index (χ0) is 19.2. The maximum Gasteiger partial charge on any atom is 0.328 e. The van der Waals surface area contributed by atoms with Crippen LogP contribution in [-0.2, 0) is 17.9 Å². The number of nitrogens with zero attached hydrogens (tertiary/aromatic N) is 2. The Morgan fingerprint density at radius 2 is 2.00 bits per heavy atom. The molecule has 0 saturated heterocycles. The third-order valence-electron chi connectivity index (χ3n) is 3.98. The summed E-state index contributed by atoms with van der Waals surface area (Å²) in [5, 5.41) is 13.8. The van der Waals surface area contributed by atoms with E-state index in [4.69, 9.17) is 21.4 Å². The number of carboxylic acid groups (broad SMARTS) is 1. The molecule has 0 amide bonds. The average Bonchev–Trinajstić information content (AvgIpc) is 3.00. The van der Waals surface area contributed by atoms with Crippen molar-refractivity contribution in [3.05, 3.63) is 88.2 Å². The quantitative estimate of drug-likeness (QED) is 0.608. The minimum Gasteiger partial charge on any atom is -0.489 e. The molecule has 3 rings (SSSR count). The summed E-state index contributed by atoms with van der Waals surface area (Å²) in [5.41, 5.74) is 3.48. The molecule has 0 unspecified atom stereocenters. The number of carboxylic acids is 1. The fraction of sp³-hybridized carbons (Fsp3) is 0.143. The molecule has 27 heavy (non-hydrogen) atoms. The number of hydrogen-bond donors (Lipinski definition) is 1. The summed E-state index contributed by atoms with van der Waals surface area (Å²) in [6.07, 6.45) is 2.54. The molecule has 5 nitrogen and oxygen atoms in total. The van der Waals surface area contributed by atoms with Gasteiger partial charge in [-0.15, -0.1) is 0 Å². The summed E-state index contributed by atoms with van der Waals surface area (Å²) in [6.45, 7) is 2.84. The molecule has 0 bridgehead atoms. The SMILES string of the molecule is Cc1cc(/C=C/C(=O)O)nn1Cc1cc(Cl)ccc1OCc1ccccc1. The highest BCUT2D eigenvalue weighted by atomic mass is 35.5. The third-order valence-corrected chi connectivity index (χ3v) is 4.21. The highest BCUT2D eigenvalue weighted by Crippen LogP contribution is 2.25. The van der Waals surface area contributed by atoms with E-state index in [2.05, 4.69) is 5.10 Å². The Morgan fingerprint density at radius 3 is 2.74 bits per heavy atom. The van der Waals surface area contributed by atoms with Gasteiger partial charge in [0.1, 0.15) is 12.4 Å². The second-order valence-electron chi connectivity index (χ2n) is 6.07. The van der Waals surface area contributed by atoms with E-state index < -0.39 is 5.97 Å². The van der Waals surface area contributed by atoms with E-state index >= 15 is 0 Å². The lowest BCUT2D eigenvalue weighted by Crippen LogP contribution is -2.06. The van der Waals surface area contributed by atoms with Crippen LogP contribution in [0.2, 0.25) is 5.02 Å². The van der Waals surface area contributed by atoms with E-state index in [0.29, 0.717) is 23.9 Å². The maximum absolute atomic E-state index is 10.7. The predicted octanol–water partition coefficient (Wildman–Crippen LogP) is 4.57. The monoisotopic (exact) mass is 382 g/mol. The standard InChI is InChI=1S/C21H19ClN2O3/c1-15-11-19(8-10-21(25)26)23-24(15)13-17-12-18(22)7-9-20(17)27-14-16-5-3-2-4-6-16/h2-12H,13-14H2,1H3,(H,25,26)/b10-8+. The van der Waals surface area contributed by atoms with Gasteiger partial charge in [0.25, 0.3) is 0 Å². The van der Waals surface area contributed by atoms with Crippen molar-refractivity contribution in [3.8, 4) is 5.75 Å². The molecule has 0 spiro atoms. The Labute approximate surface area is 162 Å². The average molecular weight is 383 g/mol. The van der Waals surface area contributed by atoms with Crippen LogP contribution in [0.5, 0.6) is 5.75 Å². The molecular formula is C21H19ClN2O3. The normalized spacial score (nSPS) is 11.0. The van der Waals surface area contributed by atoms with E-state index in [1.807, 2.05) is 55.5 Å². The number of halogens is 1. The Balaban J connectivity index is 1.80. The highest BCUT2D eigenvalue weighted by molar-refractivity contribution is 6.30. The van der Waals surface area contributed by atoms with Crippen molar-refractivity contribution in [2.45, 2.75) is 20.1 Å². The van der Waals surface area contributed by atoms with Crippen LogP contribution < -0.4 is 4.74 Å². The zero-order valence-electron chi connectivity index (χ0n) is 14.8. The Kier molecular flexibility index (Phi) is 5.94. The number of benzene rings is 2. The number of aliphatic carboxylic acids is 1. The van der Waals surface area contributed by atoms with Gasteiger partial charge in [0.15, 0.2) is 0 Å². The largest absolute Gasteiger partial charge is 0.489 e. The summed E-state index contributed by atoms with van der Waals surface area (Å²) in [5.74, 6) is -0.269. The predicted molar refractivity (Wildman–Crippen MR) is 105 cm³/mol. The lowest BCUT2D eigenvalue weighted by atomic mass is 10.2. The second-order valence-corrected chi connectivity index (χ2v) is 6.50. The Bertz CT molecular complexity index is 965. The second kappa shape index (κ2) is 8.56. The van der Waals surface area contributed by atoms with Gasteiger partial charge < -0.3 is 9.84 Å². The number of hydrogen-bond acceptors (Lipinski definition) is 3. The summed E-state index contributed by atoms with van der Waals surface area (Å²) in [4.78, 5) is 10.7. The Hall–Kier alpha value is -3.05. The number of carbonyl (C=O) groups is 1. The molecule has 1 aromatic heterocycles. The van der Waals surface area contributed by atoms with E-state index in [0.717, 1.165) is 28.6 Å². The smallest absolute Gasteiger partial charge is 0.328 e. The van der Waals surface area contributed by atoms with Gasteiger partial charge in [-0.3, -0.25) is 4.68 Å². The van der Waals surface area contributed by atoms with Crippen LogP contribution in [0.4, 0.5) is 0 Å². The van der Waals surface area contributed by atoms with Crippen molar-refractivity contribution in [2.24, 2.45) is 0 Å². The van der Waals surface area contributed by atoms with Gasteiger partial charge in [-0.1, -0.05) is 41.9 Å². The van der Waals surface area contributed by atoms with Crippen LogP contribution in [0.3, 0.4) is 0 Å². The van der Waals surface area contributed by atoms with Gasteiger partial charge in [0.05, 0.1) is 12.2 Å². The van der Waals surface area contributed by atoms with Crippen LogP contribution in [-0.4, -0.2) is 20.9 Å². The molecule has 1 N–H and O–H groups in total. The number of rotatable bonds is 7. The van der Waals surface area contributed by atoms with Gasteiger partial charge in [0.2, 0.25) is 0 Å². The third kappa shape index (κ3) is 5.21. The van der Waals surface area contributed by atoms with Crippen LogP contribution in [0.25, 0.3) is 6.08 Å². The molecule has 0 radical (unpaired) electrons. The first-order valence-corrected chi connectivity index (χ1v) is 8.79. The molecule has 0 aliphatic carbocycles. The van der Waals surface area contributed by atoms with Gasteiger partial charge in [-0.05, 0) is 42.8 Å². The number of aryl methyl sites for hydroxylation is 1. The van der Waals surface area contributed by atoms with E-state index in [-0.39, 0.29) is 0 Å². The van der Waals surface area contributed by atoms with E-state index in [1.165, 1.54) is 6.08 Å². The minimum atomic E-state index is -1.01. The van der Waals surface area contributed by atoms with Crippen LogP contribution in [0.1, 0.15) is 22.5 Å². The summed E-state index contributed by atoms with van der Waals surface area (Å²) < 4.78 is 7.78. The fourth-order valence-electron chi connectivity index (χ4n) is 2.64. The number of ether oxygens (including phenoxy) is 1. The van der Waals surface area contributed by atoms with Crippen molar-refractivity contribution in [1.29, 1.82) is 0 Å². The van der Waals surface area contributed by atoms with Crippen LogP contribution in [0, 0.1) is 6.92 Å². The fourth-order valence-corrected chi connectivity index (χ4v) is 2.84. The molecule has 0 fully saturated rings. The van der Waals surface area contributed by atoms with Crippen LogP contribution in [0.15, 0.2) is 60.7 Å². The molecular weight excluding hydrogens is 364 g/mol. The minimum absolute atomic E-state index is 0.458. The highest BCUT2D eigenvalue weighted by Gasteiger charge is 2.10. The molecule has 1 heterocycles. The zero-order valence-corrected chi connectivity index (χ0v) is 15.6. The molecule has 3 aromatic rings. The van der Waals surface area contributed by atoms with Gasteiger partial charge >= 0.3 is 5.97 Å². The number of aromatic nitrogens is 2. The summed E-state index contributed by atoms with van der Waals surface area (Å²) in [6, 6.07) is 17.3. The van der Waals surface area contributed by atoms with Gasteiger partial charge in [-0.25, -0.2) is 4.79 Å². The first-order chi connectivity index (χ1) is 13.0. The van der Waals surface area contributed by atoms with Gasteiger partial charge in [-0.2, -0.15) is 5.10 Å². The van der Waals surface area contributed by atoms with Gasteiger partial charge in [0, 0.05) is 22.4 Å². The lowest BCUT2D eigenvalue weighted by molar-refractivity contribution is -0.131. The van der Waals surface area contributed by atoms with E-state index in [9.17, 15) is 4.79 Å². The van der Waals surface area contributed by atoms with Crippen molar-refractivity contribution >= 4 is 23.6 Å². The molecule has 0 aliphatic heterocycles. The first-order valence-electron chi connectivity index (χ1n) is 8.42. The molecule has 0 aliphatic rings. The molecule has 2 aromatic carbocycles. The summed E-state index contributed by atoms with van der Waals surface area (Å²) in [7, 11) is 0. The molecule has 0 atom stereocenters. The van der Waals surface area contributed by atoms with Crippen molar-refractivity contribution in [1.82, 2.24) is 9.78 Å². The van der Waals surface area contributed by atoms with Crippen molar-refractivity contribution in [2.75, 3.05) is 0 Å². The first kappa shape index (κ1) is 18.7. The molecule has 138 valence electrons. The van der Waals surface area contributed by atoms with Crippen molar-refractivity contribution < 1.29 is 14.6 Å².